The summed E-state index contributed by atoms with van der Waals surface area (Å²) in [4.78, 5) is 11.4. The molecule has 0 fully saturated rings. The average Bonchev–Trinajstić information content (AvgIpc) is 2.02. The van der Waals surface area contributed by atoms with Crippen LogP contribution >= 0.6 is 0 Å². The molecule has 0 atom stereocenters. The van der Waals surface area contributed by atoms with Crippen LogP contribution in [0.4, 0.5) is 15.8 Å². The molecule has 0 saturated carbocycles. The van der Waals surface area contributed by atoms with Gasteiger partial charge in [0.1, 0.15) is 0 Å². The Morgan fingerprint density at radius 3 is 2.43 bits per heavy atom. The van der Waals surface area contributed by atoms with E-state index in [-0.39, 0.29) is 5.69 Å². The highest BCUT2D eigenvalue weighted by Gasteiger charge is 2.21. The van der Waals surface area contributed by atoms with Crippen LogP contribution in [0.2, 0.25) is 0 Å². The van der Waals surface area contributed by atoms with Gasteiger partial charge in [-0.1, -0.05) is 6.07 Å². The zero-order chi connectivity index (χ0) is 10.9. The second-order valence-corrected chi connectivity index (χ2v) is 3.22. The SMILES string of the molecule is Cc1ccc(N(C)C)c(F)c1[N+](=O)[O-]. The summed E-state index contributed by atoms with van der Waals surface area (Å²) in [6.45, 7) is 1.51. The molecule has 0 aliphatic rings. The Morgan fingerprint density at radius 1 is 1.43 bits per heavy atom. The van der Waals surface area contributed by atoms with Crippen LogP contribution in [0.15, 0.2) is 12.1 Å². The molecule has 0 aliphatic carbocycles. The number of nitro groups is 1. The van der Waals surface area contributed by atoms with Gasteiger partial charge in [-0.25, -0.2) is 0 Å². The lowest BCUT2D eigenvalue weighted by atomic mass is 10.1. The minimum absolute atomic E-state index is 0.224. The van der Waals surface area contributed by atoms with Crippen LogP contribution in [-0.4, -0.2) is 19.0 Å². The number of rotatable bonds is 2. The number of hydrogen-bond acceptors (Lipinski definition) is 3. The van der Waals surface area contributed by atoms with E-state index >= 15 is 0 Å². The van der Waals surface area contributed by atoms with Crippen molar-refractivity contribution in [3.8, 4) is 0 Å². The van der Waals surface area contributed by atoms with Crippen molar-refractivity contribution in [3.05, 3.63) is 33.6 Å². The van der Waals surface area contributed by atoms with E-state index in [0.717, 1.165) is 0 Å². The maximum Gasteiger partial charge on any atom is 0.309 e. The van der Waals surface area contributed by atoms with Crippen LogP contribution in [0.3, 0.4) is 0 Å². The Kier molecular flexibility index (Phi) is 2.69. The lowest BCUT2D eigenvalue weighted by Crippen LogP contribution is -2.12. The second-order valence-electron chi connectivity index (χ2n) is 3.22. The summed E-state index contributed by atoms with van der Waals surface area (Å²) in [7, 11) is 3.27. The van der Waals surface area contributed by atoms with E-state index in [4.69, 9.17) is 0 Å². The summed E-state index contributed by atoms with van der Waals surface area (Å²) in [5.74, 6) is -0.778. The molecule has 14 heavy (non-hydrogen) atoms. The third-order valence-corrected chi connectivity index (χ3v) is 1.96. The fourth-order valence-corrected chi connectivity index (χ4v) is 1.22. The van der Waals surface area contributed by atoms with Crippen molar-refractivity contribution < 1.29 is 9.31 Å². The molecule has 0 heterocycles. The molecule has 4 nitrogen and oxygen atoms in total. The molecule has 0 spiro atoms. The standard InChI is InChI=1S/C9H11FN2O2/c1-6-4-5-7(11(2)3)8(10)9(6)12(13)14/h4-5H,1-3H3. The van der Waals surface area contributed by atoms with Gasteiger partial charge in [-0.3, -0.25) is 10.1 Å². The van der Waals surface area contributed by atoms with Gasteiger partial charge in [0.2, 0.25) is 5.82 Å². The van der Waals surface area contributed by atoms with Gasteiger partial charge in [0.25, 0.3) is 0 Å². The quantitative estimate of drug-likeness (QED) is 0.540. The van der Waals surface area contributed by atoms with Crippen molar-refractivity contribution >= 4 is 11.4 Å². The van der Waals surface area contributed by atoms with Gasteiger partial charge in [0, 0.05) is 19.7 Å². The van der Waals surface area contributed by atoms with Gasteiger partial charge in [-0.2, -0.15) is 4.39 Å². The Morgan fingerprint density at radius 2 is 2.00 bits per heavy atom. The van der Waals surface area contributed by atoms with E-state index in [1.54, 1.807) is 14.1 Å². The van der Waals surface area contributed by atoms with E-state index in [9.17, 15) is 14.5 Å². The molecule has 5 heteroatoms. The summed E-state index contributed by atoms with van der Waals surface area (Å²) in [6, 6.07) is 3.06. The van der Waals surface area contributed by atoms with Crippen LogP contribution in [0.1, 0.15) is 5.56 Å². The molecule has 1 rings (SSSR count). The van der Waals surface area contributed by atoms with Crippen molar-refractivity contribution in [2.75, 3.05) is 19.0 Å². The third kappa shape index (κ3) is 1.66. The zero-order valence-electron chi connectivity index (χ0n) is 8.24. The van der Waals surface area contributed by atoms with Crippen molar-refractivity contribution in [1.82, 2.24) is 0 Å². The molecule has 76 valence electrons. The molecule has 0 aromatic heterocycles. The third-order valence-electron chi connectivity index (χ3n) is 1.96. The highest BCUT2D eigenvalue weighted by molar-refractivity contribution is 5.57. The topological polar surface area (TPSA) is 46.4 Å². The largest absolute Gasteiger partial charge is 0.375 e. The maximum atomic E-state index is 13.6. The molecule has 1 aromatic carbocycles. The Hall–Kier alpha value is -1.65. The molecule has 0 amide bonds. The smallest absolute Gasteiger partial charge is 0.309 e. The minimum Gasteiger partial charge on any atom is -0.375 e. The van der Waals surface area contributed by atoms with Crippen LogP contribution in [0.25, 0.3) is 0 Å². The summed E-state index contributed by atoms with van der Waals surface area (Å²) in [5.41, 5.74) is 0.108. The number of hydrogen-bond donors (Lipinski definition) is 0. The minimum atomic E-state index is -0.778. The summed E-state index contributed by atoms with van der Waals surface area (Å²) in [6.07, 6.45) is 0. The predicted molar refractivity (Wildman–Crippen MR) is 52.1 cm³/mol. The Balaban J connectivity index is 3.41. The average molecular weight is 198 g/mol. The number of nitrogens with zero attached hydrogens (tertiary/aromatic N) is 2. The fraction of sp³-hybridized carbons (Fsp3) is 0.333. The first kappa shape index (κ1) is 10.4. The molecule has 0 aliphatic heterocycles. The highest BCUT2D eigenvalue weighted by Crippen LogP contribution is 2.29. The first-order chi connectivity index (χ1) is 6.45. The van der Waals surface area contributed by atoms with Crippen LogP contribution < -0.4 is 4.90 Å². The van der Waals surface area contributed by atoms with Gasteiger partial charge in [0.05, 0.1) is 10.6 Å². The molecule has 0 bridgehead atoms. The van der Waals surface area contributed by atoms with E-state index < -0.39 is 16.4 Å². The van der Waals surface area contributed by atoms with Gasteiger partial charge >= 0.3 is 5.69 Å². The van der Waals surface area contributed by atoms with E-state index in [2.05, 4.69) is 0 Å². The number of halogens is 1. The highest BCUT2D eigenvalue weighted by atomic mass is 19.1. The molecular formula is C9H11FN2O2. The zero-order valence-corrected chi connectivity index (χ0v) is 8.24. The van der Waals surface area contributed by atoms with Gasteiger partial charge in [0.15, 0.2) is 0 Å². The molecule has 0 radical (unpaired) electrons. The first-order valence-corrected chi connectivity index (χ1v) is 4.06. The number of anilines is 1. The maximum absolute atomic E-state index is 13.6. The summed E-state index contributed by atoms with van der Waals surface area (Å²) >= 11 is 0. The summed E-state index contributed by atoms with van der Waals surface area (Å²) < 4.78 is 13.6. The molecule has 0 saturated heterocycles. The second kappa shape index (κ2) is 3.61. The number of nitro benzene ring substituents is 1. The van der Waals surface area contributed by atoms with E-state index in [1.807, 2.05) is 0 Å². The number of aryl methyl sites for hydroxylation is 1. The Bertz CT molecular complexity index is 377. The first-order valence-electron chi connectivity index (χ1n) is 4.06. The number of benzene rings is 1. The normalized spacial score (nSPS) is 10.0. The van der Waals surface area contributed by atoms with Crippen molar-refractivity contribution in [1.29, 1.82) is 0 Å². The van der Waals surface area contributed by atoms with Gasteiger partial charge in [-0.15, -0.1) is 0 Å². The van der Waals surface area contributed by atoms with Crippen LogP contribution in [0, 0.1) is 22.9 Å². The van der Waals surface area contributed by atoms with E-state index in [1.165, 1.54) is 24.0 Å². The monoisotopic (exact) mass is 198 g/mol. The molecule has 1 aromatic rings. The van der Waals surface area contributed by atoms with Gasteiger partial charge in [-0.05, 0) is 13.0 Å². The van der Waals surface area contributed by atoms with Crippen molar-refractivity contribution in [2.45, 2.75) is 6.92 Å². The van der Waals surface area contributed by atoms with Crippen molar-refractivity contribution in [3.63, 3.8) is 0 Å². The molecule has 0 N–H and O–H groups in total. The fourth-order valence-electron chi connectivity index (χ4n) is 1.22. The lowest BCUT2D eigenvalue weighted by molar-refractivity contribution is -0.388. The van der Waals surface area contributed by atoms with Crippen LogP contribution in [-0.2, 0) is 0 Å². The van der Waals surface area contributed by atoms with E-state index in [0.29, 0.717) is 5.56 Å². The summed E-state index contributed by atoms with van der Waals surface area (Å²) in [5, 5.41) is 10.6. The Labute approximate surface area is 81.1 Å². The van der Waals surface area contributed by atoms with Gasteiger partial charge < -0.3 is 4.90 Å². The van der Waals surface area contributed by atoms with Crippen LogP contribution in [0.5, 0.6) is 0 Å². The van der Waals surface area contributed by atoms with Crippen molar-refractivity contribution in [2.24, 2.45) is 0 Å². The predicted octanol–water partition coefficient (Wildman–Crippen LogP) is 2.11. The molecule has 0 unspecified atom stereocenters. The molecular weight excluding hydrogens is 187 g/mol. The lowest BCUT2D eigenvalue weighted by Gasteiger charge is -2.13.